The minimum Gasteiger partial charge on any atom is -0.455 e. The van der Waals surface area contributed by atoms with Crippen molar-refractivity contribution in [2.45, 2.75) is 0 Å². The second-order valence-corrected chi connectivity index (χ2v) is 16.7. The Labute approximate surface area is 374 Å². The second kappa shape index (κ2) is 15.0. The van der Waals surface area contributed by atoms with Crippen molar-refractivity contribution in [1.29, 1.82) is 0 Å². The fraction of sp³-hybridized carbons (Fsp3) is 0. The standard InChI is InChI=1S/C61H37N3O/c1-3-12-38(13-4-1)39-22-26-43(27-23-39)60-62-59(42-16-5-2-6-17-42)63-61(64-60)53-20-11-21-56-57(53)55-37-48(44-30-32-51-45(34-44)28-24-40-14-7-9-18-49(40)51)36-54(58(55)65-56)47-31-33-52-46(35-47)29-25-41-15-8-10-19-50(41)52/h1-37H. The van der Waals surface area contributed by atoms with Gasteiger partial charge in [0.15, 0.2) is 17.5 Å². The first-order chi connectivity index (χ1) is 32.2. The lowest BCUT2D eigenvalue weighted by atomic mass is 9.92. The smallest absolute Gasteiger partial charge is 0.164 e. The van der Waals surface area contributed by atoms with Crippen molar-refractivity contribution in [2.75, 3.05) is 0 Å². The predicted octanol–water partition coefficient (Wildman–Crippen LogP) is 16.4. The van der Waals surface area contributed by atoms with Crippen molar-refractivity contribution >= 4 is 65.0 Å². The van der Waals surface area contributed by atoms with Gasteiger partial charge in [0.1, 0.15) is 11.2 Å². The molecule has 13 aromatic rings. The molecular formula is C61H37N3O. The maximum atomic E-state index is 7.01. The molecular weight excluding hydrogens is 791 g/mol. The van der Waals surface area contributed by atoms with Gasteiger partial charge in [-0.3, -0.25) is 0 Å². The molecule has 4 nitrogen and oxygen atoms in total. The molecule has 0 fully saturated rings. The highest BCUT2D eigenvalue weighted by Crippen LogP contribution is 2.44. The average molecular weight is 828 g/mol. The molecule has 0 spiro atoms. The van der Waals surface area contributed by atoms with E-state index in [-0.39, 0.29) is 0 Å². The molecule has 0 aliphatic carbocycles. The molecule has 0 saturated heterocycles. The zero-order valence-electron chi connectivity index (χ0n) is 35.1. The topological polar surface area (TPSA) is 51.8 Å². The maximum absolute atomic E-state index is 7.01. The summed E-state index contributed by atoms with van der Waals surface area (Å²) in [5.74, 6) is 1.79. The number of aromatic nitrogens is 3. The summed E-state index contributed by atoms with van der Waals surface area (Å²) in [4.78, 5) is 15.6. The van der Waals surface area contributed by atoms with Crippen molar-refractivity contribution in [2.24, 2.45) is 0 Å². The summed E-state index contributed by atoms with van der Waals surface area (Å²) in [6, 6.07) is 79.5. The van der Waals surface area contributed by atoms with E-state index in [1.807, 2.05) is 42.5 Å². The molecule has 0 aliphatic rings. The molecule has 13 rings (SSSR count). The number of fused-ring (bicyclic) bond motifs is 9. The summed E-state index contributed by atoms with van der Waals surface area (Å²) in [6.07, 6.45) is 0. The number of rotatable bonds is 6. The Morgan fingerprint density at radius 3 is 1.43 bits per heavy atom. The first-order valence-corrected chi connectivity index (χ1v) is 22.0. The molecule has 2 heterocycles. The van der Waals surface area contributed by atoms with Crippen LogP contribution >= 0.6 is 0 Å². The number of hydrogen-bond acceptors (Lipinski definition) is 4. The number of furan rings is 1. The Hall–Kier alpha value is -8.73. The third-order valence-corrected chi connectivity index (χ3v) is 12.9. The van der Waals surface area contributed by atoms with Gasteiger partial charge >= 0.3 is 0 Å². The van der Waals surface area contributed by atoms with E-state index in [0.717, 1.165) is 72.0 Å². The van der Waals surface area contributed by atoms with Gasteiger partial charge in [0.2, 0.25) is 0 Å². The molecule has 0 N–H and O–H groups in total. The molecule has 0 aliphatic heterocycles. The van der Waals surface area contributed by atoms with Gasteiger partial charge in [-0.1, -0.05) is 194 Å². The summed E-state index contributed by atoms with van der Waals surface area (Å²) in [5.41, 5.74) is 10.9. The van der Waals surface area contributed by atoms with Gasteiger partial charge in [-0.15, -0.1) is 0 Å². The van der Waals surface area contributed by atoms with Crippen molar-refractivity contribution in [3.8, 4) is 67.5 Å². The Balaban J connectivity index is 1.04. The molecule has 0 atom stereocenters. The van der Waals surface area contributed by atoms with Gasteiger partial charge in [-0.2, -0.15) is 0 Å². The van der Waals surface area contributed by atoms with Gasteiger partial charge in [0.25, 0.3) is 0 Å². The number of hydrogen-bond donors (Lipinski definition) is 0. The molecule has 302 valence electrons. The number of nitrogens with zero attached hydrogens (tertiary/aromatic N) is 3. The summed E-state index contributed by atoms with van der Waals surface area (Å²) in [6.45, 7) is 0. The van der Waals surface area contributed by atoms with Gasteiger partial charge in [0.05, 0.1) is 0 Å². The van der Waals surface area contributed by atoms with Gasteiger partial charge in [-0.25, -0.2) is 15.0 Å². The highest BCUT2D eigenvalue weighted by molar-refractivity contribution is 6.17. The van der Waals surface area contributed by atoms with Crippen LogP contribution in [0.1, 0.15) is 0 Å². The lowest BCUT2D eigenvalue weighted by molar-refractivity contribution is 0.670. The van der Waals surface area contributed by atoms with E-state index in [2.05, 4.69) is 182 Å². The molecule has 65 heavy (non-hydrogen) atoms. The van der Waals surface area contributed by atoms with Crippen LogP contribution in [0.15, 0.2) is 229 Å². The first-order valence-electron chi connectivity index (χ1n) is 22.0. The first kappa shape index (κ1) is 36.9. The SMILES string of the molecule is c1ccc(-c2ccc(-c3nc(-c4ccccc4)nc(-c4cccc5oc6c(-c7ccc8c(ccc9ccccc98)c7)cc(-c7ccc8c(ccc9ccccc98)c7)cc6c45)n3)cc2)cc1. The summed E-state index contributed by atoms with van der Waals surface area (Å²) in [5, 5.41) is 11.7. The van der Waals surface area contributed by atoms with Gasteiger partial charge in [-0.05, 0) is 101 Å². The van der Waals surface area contributed by atoms with E-state index in [1.54, 1.807) is 0 Å². The summed E-state index contributed by atoms with van der Waals surface area (Å²) >= 11 is 0. The predicted molar refractivity (Wildman–Crippen MR) is 270 cm³/mol. The lowest BCUT2D eigenvalue weighted by Gasteiger charge is -2.12. The monoisotopic (exact) mass is 827 g/mol. The molecule has 2 aromatic heterocycles. The molecule has 11 aromatic carbocycles. The highest BCUT2D eigenvalue weighted by Gasteiger charge is 2.22. The van der Waals surface area contributed by atoms with E-state index in [9.17, 15) is 0 Å². The summed E-state index contributed by atoms with van der Waals surface area (Å²) < 4.78 is 7.01. The Bertz CT molecular complexity index is 3990. The Morgan fingerprint density at radius 2 is 0.754 bits per heavy atom. The van der Waals surface area contributed by atoms with Crippen LogP contribution < -0.4 is 0 Å². The van der Waals surface area contributed by atoms with Crippen LogP contribution in [0.3, 0.4) is 0 Å². The molecule has 0 amide bonds. The van der Waals surface area contributed by atoms with E-state index in [4.69, 9.17) is 19.4 Å². The van der Waals surface area contributed by atoms with Gasteiger partial charge < -0.3 is 4.42 Å². The average Bonchev–Trinajstić information content (AvgIpc) is 3.77. The lowest BCUT2D eigenvalue weighted by Crippen LogP contribution is -2.00. The molecule has 0 radical (unpaired) electrons. The van der Waals surface area contributed by atoms with Crippen LogP contribution in [0, 0.1) is 0 Å². The van der Waals surface area contributed by atoms with E-state index >= 15 is 0 Å². The summed E-state index contributed by atoms with van der Waals surface area (Å²) in [7, 11) is 0. The molecule has 4 heteroatoms. The highest BCUT2D eigenvalue weighted by atomic mass is 16.3. The van der Waals surface area contributed by atoms with Crippen molar-refractivity contribution in [3.63, 3.8) is 0 Å². The van der Waals surface area contributed by atoms with Crippen molar-refractivity contribution < 1.29 is 4.42 Å². The third-order valence-electron chi connectivity index (χ3n) is 12.9. The molecule has 0 saturated carbocycles. The third kappa shape index (κ3) is 6.34. The van der Waals surface area contributed by atoms with Crippen LogP contribution in [0.5, 0.6) is 0 Å². The Morgan fingerprint density at radius 1 is 0.262 bits per heavy atom. The van der Waals surface area contributed by atoms with Crippen LogP contribution in [-0.4, -0.2) is 15.0 Å². The van der Waals surface area contributed by atoms with E-state index < -0.39 is 0 Å². The van der Waals surface area contributed by atoms with Crippen LogP contribution in [0.4, 0.5) is 0 Å². The minimum absolute atomic E-state index is 0.580. The van der Waals surface area contributed by atoms with Crippen molar-refractivity contribution in [3.05, 3.63) is 224 Å². The number of benzene rings is 11. The Kier molecular flexibility index (Phi) is 8.50. The fourth-order valence-electron chi connectivity index (χ4n) is 9.65. The second-order valence-electron chi connectivity index (χ2n) is 16.7. The van der Waals surface area contributed by atoms with E-state index in [1.165, 1.54) is 43.1 Å². The molecule has 0 unspecified atom stereocenters. The van der Waals surface area contributed by atoms with Crippen LogP contribution in [0.25, 0.3) is 133 Å². The zero-order valence-corrected chi connectivity index (χ0v) is 35.1. The minimum atomic E-state index is 0.580. The largest absolute Gasteiger partial charge is 0.455 e. The normalized spacial score (nSPS) is 11.7. The van der Waals surface area contributed by atoms with Crippen LogP contribution in [-0.2, 0) is 0 Å². The fourth-order valence-corrected chi connectivity index (χ4v) is 9.65. The van der Waals surface area contributed by atoms with E-state index in [0.29, 0.717) is 17.5 Å². The zero-order chi connectivity index (χ0) is 42.8. The molecule has 0 bridgehead atoms. The van der Waals surface area contributed by atoms with Crippen LogP contribution in [0.2, 0.25) is 0 Å². The quantitative estimate of drug-likeness (QED) is 0.157. The maximum Gasteiger partial charge on any atom is 0.164 e. The van der Waals surface area contributed by atoms with Crippen molar-refractivity contribution in [1.82, 2.24) is 15.0 Å². The van der Waals surface area contributed by atoms with Gasteiger partial charge in [0, 0.05) is 33.0 Å².